The lowest BCUT2D eigenvalue weighted by Gasteiger charge is -2.32. The summed E-state index contributed by atoms with van der Waals surface area (Å²) in [6, 6.07) is 2.00. The zero-order valence-electron chi connectivity index (χ0n) is 14.6. The van der Waals surface area contributed by atoms with Gasteiger partial charge in [-0.15, -0.1) is 0 Å². The van der Waals surface area contributed by atoms with Crippen LogP contribution in [0, 0.1) is 0 Å². The number of imidazole rings is 1. The van der Waals surface area contributed by atoms with Gasteiger partial charge >= 0.3 is 12.8 Å². The van der Waals surface area contributed by atoms with Gasteiger partial charge in [0.25, 0.3) is 0 Å². The van der Waals surface area contributed by atoms with Gasteiger partial charge in [-0.05, 0) is 47.1 Å². The molecule has 0 unspecified atom stereocenters. The molecule has 23 heavy (non-hydrogen) atoms. The van der Waals surface area contributed by atoms with E-state index in [1.165, 1.54) is 0 Å². The van der Waals surface area contributed by atoms with E-state index in [1.807, 2.05) is 40.7 Å². The molecule has 0 aromatic carbocycles. The Labute approximate surface area is 136 Å². The van der Waals surface area contributed by atoms with E-state index in [2.05, 4.69) is 16.9 Å². The van der Waals surface area contributed by atoms with Gasteiger partial charge in [0, 0.05) is 17.7 Å². The van der Waals surface area contributed by atoms with Crippen LogP contribution in [0.1, 0.15) is 54.0 Å². The molecule has 0 radical (unpaired) electrons. The van der Waals surface area contributed by atoms with Crippen molar-refractivity contribution >= 4 is 23.7 Å². The summed E-state index contributed by atoms with van der Waals surface area (Å²) in [4.78, 5) is 19.5. The van der Waals surface area contributed by atoms with Gasteiger partial charge in [0.05, 0.1) is 16.7 Å². The van der Waals surface area contributed by atoms with Crippen LogP contribution in [0.2, 0.25) is 0 Å². The molecule has 6 nitrogen and oxygen atoms in total. The average Bonchev–Trinajstić information content (AvgIpc) is 2.90. The van der Waals surface area contributed by atoms with Crippen LogP contribution < -0.4 is 11.2 Å². The number of nitrogens with one attached hydrogen (secondary N) is 1. The average molecular weight is 317 g/mol. The summed E-state index contributed by atoms with van der Waals surface area (Å²) in [7, 11) is -0.479. The van der Waals surface area contributed by atoms with E-state index < -0.39 is 18.3 Å². The van der Waals surface area contributed by atoms with Gasteiger partial charge in [-0.25, -0.2) is 9.78 Å². The van der Waals surface area contributed by atoms with E-state index in [4.69, 9.17) is 9.31 Å². The Morgan fingerprint density at radius 2 is 1.91 bits per heavy atom. The third kappa shape index (κ3) is 2.52. The lowest BCUT2D eigenvalue weighted by Crippen LogP contribution is -2.41. The van der Waals surface area contributed by atoms with Crippen LogP contribution in [0.15, 0.2) is 17.1 Å². The van der Waals surface area contributed by atoms with Gasteiger partial charge in [0.1, 0.15) is 0 Å². The summed E-state index contributed by atoms with van der Waals surface area (Å²) in [6.45, 7) is 12.1. The fourth-order valence-electron chi connectivity index (χ4n) is 2.73. The van der Waals surface area contributed by atoms with E-state index in [9.17, 15) is 4.79 Å². The van der Waals surface area contributed by atoms with Gasteiger partial charge < -0.3 is 14.3 Å². The number of hydrogen-bond donors (Lipinski definition) is 1. The van der Waals surface area contributed by atoms with Crippen molar-refractivity contribution in [2.75, 3.05) is 0 Å². The van der Waals surface area contributed by atoms with Crippen molar-refractivity contribution in [3.8, 4) is 0 Å². The molecule has 2 aromatic rings. The van der Waals surface area contributed by atoms with Crippen molar-refractivity contribution in [1.82, 2.24) is 14.5 Å². The standard InChI is InChI=1S/C16H24BN3O3/c1-7-10(2)20-13-12(19-14(20)21)8-11(9-18-13)17-22-15(3,4)16(5,6)23-17/h8-10H,7H2,1-6H3,(H,19,21)/t10-/m1/s1. The maximum Gasteiger partial charge on any atom is 0.496 e. The molecule has 1 saturated heterocycles. The van der Waals surface area contributed by atoms with Crippen molar-refractivity contribution in [2.24, 2.45) is 0 Å². The van der Waals surface area contributed by atoms with Gasteiger partial charge in [-0.3, -0.25) is 4.57 Å². The molecule has 3 heterocycles. The van der Waals surface area contributed by atoms with Gasteiger partial charge in [-0.1, -0.05) is 6.92 Å². The molecule has 7 heteroatoms. The molecule has 1 fully saturated rings. The molecule has 1 N–H and O–H groups in total. The van der Waals surface area contributed by atoms with Crippen LogP contribution >= 0.6 is 0 Å². The number of hydrogen-bond acceptors (Lipinski definition) is 4. The maximum atomic E-state index is 12.2. The maximum absolute atomic E-state index is 12.2. The monoisotopic (exact) mass is 317 g/mol. The highest BCUT2D eigenvalue weighted by Gasteiger charge is 2.51. The SMILES string of the molecule is CC[C@@H](C)n1c(=O)[nH]c2cc(B3OC(C)(C)C(C)(C)O3)cnc21. The number of pyridine rings is 1. The zero-order valence-corrected chi connectivity index (χ0v) is 14.6. The minimum atomic E-state index is -0.479. The molecule has 1 atom stereocenters. The third-order valence-electron chi connectivity index (χ3n) is 5.13. The molecule has 0 spiro atoms. The van der Waals surface area contributed by atoms with Crippen LogP contribution in [0.3, 0.4) is 0 Å². The van der Waals surface area contributed by atoms with Gasteiger partial charge in [0.15, 0.2) is 5.65 Å². The summed E-state index contributed by atoms with van der Waals surface area (Å²) in [5.41, 5.74) is 1.26. The molecule has 124 valence electrons. The molecule has 1 aliphatic rings. The third-order valence-corrected chi connectivity index (χ3v) is 5.13. The first-order valence-corrected chi connectivity index (χ1v) is 8.12. The predicted molar refractivity (Wildman–Crippen MR) is 91.1 cm³/mol. The van der Waals surface area contributed by atoms with Crippen LogP contribution in [0.4, 0.5) is 0 Å². The van der Waals surface area contributed by atoms with E-state index in [1.54, 1.807) is 10.8 Å². The molecule has 3 rings (SSSR count). The smallest absolute Gasteiger partial charge is 0.399 e. The Bertz CT molecular complexity index is 777. The van der Waals surface area contributed by atoms with Gasteiger partial charge in [0.2, 0.25) is 0 Å². The molecule has 0 bridgehead atoms. The molecular weight excluding hydrogens is 293 g/mol. The summed E-state index contributed by atoms with van der Waals surface area (Å²) in [5.74, 6) is 0. The fourth-order valence-corrected chi connectivity index (χ4v) is 2.73. The Morgan fingerprint density at radius 3 is 2.48 bits per heavy atom. The molecule has 1 aliphatic heterocycles. The summed E-state index contributed by atoms with van der Waals surface area (Å²) < 4.78 is 13.8. The second-order valence-electron chi connectivity index (χ2n) is 7.29. The van der Waals surface area contributed by atoms with Gasteiger partial charge in [-0.2, -0.15) is 0 Å². The fraction of sp³-hybridized carbons (Fsp3) is 0.625. The number of aromatic amines is 1. The highest BCUT2D eigenvalue weighted by molar-refractivity contribution is 6.62. The lowest BCUT2D eigenvalue weighted by atomic mass is 9.80. The number of aromatic nitrogens is 3. The quantitative estimate of drug-likeness (QED) is 0.879. The first-order valence-electron chi connectivity index (χ1n) is 8.12. The second kappa shape index (κ2) is 5.21. The van der Waals surface area contributed by atoms with Crippen molar-refractivity contribution < 1.29 is 9.31 Å². The summed E-state index contributed by atoms with van der Waals surface area (Å²) >= 11 is 0. The van der Waals surface area contributed by atoms with Crippen molar-refractivity contribution in [2.45, 2.75) is 65.2 Å². The molecule has 0 amide bonds. The van der Waals surface area contributed by atoms with Crippen LogP contribution in [0.25, 0.3) is 11.2 Å². The number of fused-ring (bicyclic) bond motifs is 1. The Hall–Kier alpha value is -1.60. The molecule has 2 aromatic heterocycles. The predicted octanol–water partition coefficient (Wildman–Crippen LogP) is 1.99. The first kappa shape index (κ1) is 16.3. The van der Waals surface area contributed by atoms with Crippen molar-refractivity contribution in [3.05, 3.63) is 22.7 Å². The highest BCUT2D eigenvalue weighted by atomic mass is 16.7. The second-order valence-corrected chi connectivity index (χ2v) is 7.29. The zero-order chi connectivity index (χ0) is 17.0. The van der Waals surface area contributed by atoms with Crippen LogP contribution in [-0.2, 0) is 9.31 Å². The highest BCUT2D eigenvalue weighted by Crippen LogP contribution is 2.36. The normalized spacial score (nSPS) is 21.0. The minimum Gasteiger partial charge on any atom is -0.399 e. The first-order chi connectivity index (χ1) is 10.7. The van der Waals surface area contributed by atoms with E-state index in [-0.39, 0.29) is 11.7 Å². The van der Waals surface area contributed by atoms with Crippen LogP contribution in [-0.4, -0.2) is 32.9 Å². The van der Waals surface area contributed by atoms with Crippen molar-refractivity contribution in [1.29, 1.82) is 0 Å². The summed E-state index contributed by atoms with van der Waals surface area (Å²) in [6.07, 6.45) is 2.60. The number of H-pyrrole nitrogens is 1. The van der Waals surface area contributed by atoms with E-state index in [0.717, 1.165) is 11.9 Å². The Kier molecular flexibility index (Phi) is 3.68. The Balaban J connectivity index is 2.01. The largest absolute Gasteiger partial charge is 0.496 e. The topological polar surface area (TPSA) is 69.1 Å². The minimum absolute atomic E-state index is 0.103. The lowest BCUT2D eigenvalue weighted by molar-refractivity contribution is 0.00578. The van der Waals surface area contributed by atoms with Crippen LogP contribution in [0.5, 0.6) is 0 Å². The molecule has 0 aliphatic carbocycles. The van der Waals surface area contributed by atoms with E-state index in [0.29, 0.717) is 11.2 Å². The molecular formula is C16H24BN3O3. The summed E-state index contributed by atoms with van der Waals surface area (Å²) in [5, 5.41) is 0. The molecule has 0 saturated carbocycles. The van der Waals surface area contributed by atoms with E-state index >= 15 is 0 Å². The van der Waals surface area contributed by atoms with Crippen molar-refractivity contribution in [3.63, 3.8) is 0 Å². The number of rotatable bonds is 3. The number of nitrogens with zero attached hydrogens (tertiary/aromatic N) is 2. The Morgan fingerprint density at radius 1 is 1.30 bits per heavy atom.